The van der Waals surface area contributed by atoms with Crippen molar-refractivity contribution >= 4 is 11.3 Å². The van der Waals surface area contributed by atoms with Crippen molar-refractivity contribution in [1.82, 2.24) is 0 Å². The topological polar surface area (TPSA) is 0 Å². The van der Waals surface area contributed by atoms with Gasteiger partial charge in [-0.2, -0.15) is 11.3 Å². The molecule has 0 aliphatic carbocycles. The minimum Gasteiger partial charge on any atom is -0.152 e. The van der Waals surface area contributed by atoms with E-state index in [1.54, 1.807) is 11.3 Å². The highest BCUT2D eigenvalue weighted by Gasteiger charge is 2.01. The third-order valence-corrected chi connectivity index (χ3v) is 2.54. The van der Waals surface area contributed by atoms with Crippen LogP contribution in [0.3, 0.4) is 0 Å². The molecule has 1 unspecified atom stereocenters. The summed E-state index contributed by atoms with van der Waals surface area (Å²) in [5.41, 5.74) is 1.47. The van der Waals surface area contributed by atoms with Gasteiger partial charge in [0.25, 0.3) is 0 Å². The maximum absolute atomic E-state index is 2.27. The number of thiophene rings is 1. The summed E-state index contributed by atoms with van der Waals surface area (Å²) in [6, 6.07) is 2.21. The van der Waals surface area contributed by atoms with E-state index in [-0.39, 0.29) is 0 Å². The molecule has 0 aliphatic rings. The summed E-state index contributed by atoms with van der Waals surface area (Å²) in [6.07, 6.45) is 5.50. The molecule has 1 heteroatoms. The zero-order valence-electron chi connectivity index (χ0n) is 7.08. The molecule has 0 N–H and O–H groups in total. The van der Waals surface area contributed by atoms with Gasteiger partial charge in [-0.3, -0.25) is 0 Å². The average Bonchev–Trinajstić information content (AvgIpc) is 2.52. The molecular formula is C10H14S. The Morgan fingerprint density at radius 2 is 2.45 bits per heavy atom. The van der Waals surface area contributed by atoms with Gasteiger partial charge in [0.1, 0.15) is 0 Å². The molecule has 0 nitrogen and oxygen atoms in total. The summed E-state index contributed by atoms with van der Waals surface area (Å²) in [5, 5.41) is 4.37. The molecule has 0 aliphatic heterocycles. The first-order chi connectivity index (χ1) is 5.34. The van der Waals surface area contributed by atoms with Gasteiger partial charge in [0.2, 0.25) is 0 Å². The van der Waals surface area contributed by atoms with Gasteiger partial charge in [-0.1, -0.05) is 19.1 Å². The molecule has 1 rings (SSSR count). The Bertz CT molecular complexity index is 209. The summed E-state index contributed by atoms with van der Waals surface area (Å²) >= 11 is 1.78. The predicted octanol–water partition coefficient (Wildman–Crippen LogP) is 3.82. The molecule has 0 bridgehead atoms. The third-order valence-electron chi connectivity index (χ3n) is 1.84. The van der Waals surface area contributed by atoms with Crippen molar-refractivity contribution in [2.45, 2.75) is 26.2 Å². The van der Waals surface area contributed by atoms with Crippen LogP contribution in [0.25, 0.3) is 0 Å². The molecule has 0 saturated carbocycles. The van der Waals surface area contributed by atoms with E-state index in [1.165, 1.54) is 5.56 Å². The van der Waals surface area contributed by atoms with E-state index in [9.17, 15) is 0 Å². The predicted molar refractivity (Wildman–Crippen MR) is 52.2 cm³/mol. The highest BCUT2D eigenvalue weighted by molar-refractivity contribution is 7.07. The lowest BCUT2D eigenvalue weighted by Gasteiger charge is -2.04. The fourth-order valence-electron chi connectivity index (χ4n) is 1.03. The van der Waals surface area contributed by atoms with Crippen LogP contribution in [0.5, 0.6) is 0 Å². The van der Waals surface area contributed by atoms with Gasteiger partial charge in [0, 0.05) is 0 Å². The zero-order chi connectivity index (χ0) is 8.10. The molecule has 1 aromatic heterocycles. The zero-order valence-corrected chi connectivity index (χ0v) is 7.90. The monoisotopic (exact) mass is 166 g/mol. The summed E-state index contributed by atoms with van der Waals surface area (Å²) in [6.45, 7) is 4.34. The van der Waals surface area contributed by atoms with Gasteiger partial charge in [-0.15, -0.1) is 0 Å². The van der Waals surface area contributed by atoms with Crippen LogP contribution < -0.4 is 0 Å². The maximum atomic E-state index is 2.27. The van der Waals surface area contributed by atoms with Crippen molar-refractivity contribution in [2.24, 2.45) is 0 Å². The summed E-state index contributed by atoms with van der Waals surface area (Å²) in [5.74, 6) is 0.678. The van der Waals surface area contributed by atoms with Gasteiger partial charge in [0.05, 0.1) is 0 Å². The molecular weight excluding hydrogens is 152 g/mol. The summed E-state index contributed by atoms with van der Waals surface area (Å²) in [7, 11) is 0. The molecule has 1 aromatic rings. The largest absolute Gasteiger partial charge is 0.152 e. The minimum absolute atomic E-state index is 0.678. The molecule has 0 saturated heterocycles. The Kier molecular flexibility index (Phi) is 3.37. The van der Waals surface area contributed by atoms with Crippen molar-refractivity contribution in [1.29, 1.82) is 0 Å². The Balaban J connectivity index is 2.49. The second-order valence-corrected chi connectivity index (χ2v) is 3.54. The SMILES string of the molecule is C/C=C\CC(C)c1ccsc1. The summed E-state index contributed by atoms with van der Waals surface area (Å²) < 4.78 is 0. The summed E-state index contributed by atoms with van der Waals surface area (Å²) in [4.78, 5) is 0. The highest BCUT2D eigenvalue weighted by atomic mass is 32.1. The minimum atomic E-state index is 0.678. The normalized spacial score (nSPS) is 14.0. The molecule has 60 valence electrons. The molecule has 1 atom stereocenters. The van der Waals surface area contributed by atoms with Crippen LogP contribution in [0, 0.1) is 0 Å². The van der Waals surface area contributed by atoms with Crippen LogP contribution in [0.2, 0.25) is 0 Å². The molecule has 1 heterocycles. The number of allylic oxidation sites excluding steroid dienone is 2. The molecule has 0 spiro atoms. The van der Waals surface area contributed by atoms with Crippen LogP contribution in [-0.4, -0.2) is 0 Å². The second-order valence-electron chi connectivity index (χ2n) is 2.76. The standard InChI is InChI=1S/C10H14S/c1-3-4-5-9(2)10-6-7-11-8-10/h3-4,6-9H,5H2,1-2H3/b4-3-. The van der Waals surface area contributed by atoms with E-state index >= 15 is 0 Å². The number of rotatable bonds is 3. The lowest BCUT2D eigenvalue weighted by molar-refractivity contribution is 0.784. The van der Waals surface area contributed by atoms with Crippen LogP contribution in [0.1, 0.15) is 31.7 Å². The average molecular weight is 166 g/mol. The second kappa shape index (κ2) is 4.35. The van der Waals surface area contributed by atoms with Gasteiger partial charge < -0.3 is 0 Å². The number of hydrogen-bond acceptors (Lipinski definition) is 1. The molecule has 0 aromatic carbocycles. The van der Waals surface area contributed by atoms with Gasteiger partial charge in [0.15, 0.2) is 0 Å². The molecule has 0 fully saturated rings. The Labute approximate surface area is 72.6 Å². The van der Waals surface area contributed by atoms with Crippen molar-refractivity contribution in [2.75, 3.05) is 0 Å². The first-order valence-electron chi connectivity index (χ1n) is 3.98. The Morgan fingerprint density at radius 1 is 1.64 bits per heavy atom. The van der Waals surface area contributed by atoms with Crippen molar-refractivity contribution in [3.63, 3.8) is 0 Å². The van der Waals surface area contributed by atoms with Crippen molar-refractivity contribution in [3.05, 3.63) is 34.5 Å². The maximum Gasteiger partial charge on any atom is -0.00584 e. The smallest absolute Gasteiger partial charge is 0.00584 e. The van der Waals surface area contributed by atoms with Gasteiger partial charge >= 0.3 is 0 Å². The van der Waals surface area contributed by atoms with E-state index < -0.39 is 0 Å². The Hall–Kier alpha value is -0.560. The van der Waals surface area contributed by atoms with Crippen LogP contribution in [0.4, 0.5) is 0 Å². The fraction of sp³-hybridized carbons (Fsp3) is 0.400. The number of hydrogen-bond donors (Lipinski definition) is 0. The molecule has 11 heavy (non-hydrogen) atoms. The van der Waals surface area contributed by atoms with E-state index in [2.05, 4.69) is 42.8 Å². The fourth-order valence-corrected chi connectivity index (χ4v) is 1.81. The lowest BCUT2D eigenvalue weighted by Crippen LogP contribution is -1.87. The van der Waals surface area contributed by atoms with Crippen LogP contribution in [0.15, 0.2) is 29.0 Å². The molecule has 0 amide bonds. The van der Waals surface area contributed by atoms with Crippen LogP contribution >= 0.6 is 11.3 Å². The highest BCUT2D eigenvalue weighted by Crippen LogP contribution is 2.21. The first kappa shape index (κ1) is 8.54. The van der Waals surface area contributed by atoms with E-state index in [0.29, 0.717) is 5.92 Å². The lowest BCUT2D eigenvalue weighted by atomic mass is 10.0. The van der Waals surface area contributed by atoms with Gasteiger partial charge in [-0.25, -0.2) is 0 Å². The van der Waals surface area contributed by atoms with Crippen molar-refractivity contribution in [3.8, 4) is 0 Å². The third kappa shape index (κ3) is 2.51. The van der Waals surface area contributed by atoms with E-state index in [4.69, 9.17) is 0 Å². The first-order valence-corrected chi connectivity index (χ1v) is 4.92. The Morgan fingerprint density at radius 3 is 3.00 bits per heavy atom. The van der Waals surface area contributed by atoms with E-state index in [0.717, 1.165) is 6.42 Å². The van der Waals surface area contributed by atoms with E-state index in [1.807, 2.05) is 0 Å². The quantitative estimate of drug-likeness (QED) is 0.599. The van der Waals surface area contributed by atoms with Crippen LogP contribution in [-0.2, 0) is 0 Å². The van der Waals surface area contributed by atoms with Gasteiger partial charge in [-0.05, 0) is 41.7 Å². The molecule has 0 radical (unpaired) electrons. The van der Waals surface area contributed by atoms with Crippen molar-refractivity contribution < 1.29 is 0 Å².